The summed E-state index contributed by atoms with van der Waals surface area (Å²) in [5.41, 5.74) is 1.98. The molecule has 0 atom stereocenters. The molecule has 21 heavy (non-hydrogen) atoms. The summed E-state index contributed by atoms with van der Waals surface area (Å²) in [6.07, 6.45) is 0. The number of nitrogens with zero attached hydrogens (tertiary/aromatic N) is 4. The number of rotatable bonds is 6. The summed E-state index contributed by atoms with van der Waals surface area (Å²) in [6.45, 7) is 5.82. The smallest absolute Gasteiger partial charge is 0.325 e. The number of hydrogen-bond acceptors (Lipinski definition) is 4. The van der Waals surface area contributed by atoms with E-state index in [2.05, 4.69) is 4.98 Å². The van der Waals surface area contributed by atoms with Crippen molar-refractivity contribution < 1.29 is 9.90 Å². The summed E-state index contributed by atoms with van der Waals surface area (Å²) in [5, 5.41) is 8.95. The van der Waals surface area contributed by atoms with Crippen LogP contribution in [0.3, 0.4) is 0 Å². The van der Waals surface area contributed by atoms with Crippen LogP contribution >= 0.6 is 0 Å². The first-order chi connectivity index (χ1) is 9.85. The average molecular weight is 294 g/mol. The Morgan fingerprint density at radius 1 is 1.14 bits per heavy atom. The van der Waals surface area contributed by atoms with Crippen molar-refractivity contribution in [2.75, 3.05) is 52.3 Å². The number of hydrogen-bond donors (Lipinski definition) is 1. The second-order valence-corrected chi connectivity index (χ2v) is 5.50. The van der Waals surface area contributed by atoms with E-state index in [1.807, 2.05) is 37.9 Å². The van der Waals surface area contributed by atoms with Crippen LogP contribution in [-0.4, -0.2) is 73.3 Å². The van der Waals surface area contributed by atoms with Crippen molar-refractivity contribution in [3.05, 3.63) is 23.4 Å². The molecular weight excluding hydrogens is 268 g/mol. The Hall–Kier alpha value is -1.66. The van der Waals surface area contributed by atoms with Crippen LogP contribution in [0.2, 0.25) is 0 Å². The molecule has 0 saturated carbocycles. The third kappa shape index (κ3) is 5.32. The lowest BCUT2D eigenvalue weighted by molar-refractivity contribution is 0.214. The zero-order chi connectivity index (χ0) is 16.0. The van der Waals surface area contributed by atoms with Crippen LogP contribution in [0.5, 0.6) is 0 Å². The number of amides is 2. The van der Waals surface area contributed by atoms with Gasteiger partial charge in [0, 0.05) is 39.4 Å². The highest BCUT2D eigenvalue weighted by Gasteiger charge is 2.19. The van der Waals surface area contributed by atoms with Crippen molar-refractivity contribution in [3.8, 4) is 0 Å². The lowest BCUT2D eigenvalue weighted by Gasteiger charge is -2.27. The summed E-state index contributed by atoms with van der Waals surface area (Å²) >= 11 is 0. The number of likely N-dealkylation sites (N-methyl/N-ethyl adjacent to an activating group) is 1. The monoisotopic (exact) mass is 294 g/mol. The molecule has 1 N–H and O–H groups in total. The maximum atomic E-state index is 12.4. The minimum atomic E-state index is -0.0927. The van der Waals surface area contributed by atoms with Gasteiger partial charge >= 0.3 is 6.03 Å². The standard InChI is InChI=1S/C15H26N4O2/c1-12-10-13(2)16-14(11-12)19(15(21)17(3)4)7-6-18(5)8-9-20/h10-11,20H,6-9H2,1-5H3. The molecular formula is C15H26N4O2. The highest BCUT2D eigenvalue weighted by atomic mass is 16.3. The fourth-order valence-corrected chi connectivity index (χ4v) is 2.06. The van der Waals surface area contributed by atoms with Gasteiger partial charge in [-0.3, -0.25) is 4.90 Å². The Morgan fingerprint density at radius 2 is 1.81 bits per heavy atom. The van der Waals surface area contributed by atoms with E-state index in [9.17, 15) is 4.79 Å². The normalized spacial score (nSPS) is 10.8. The highest BCUT2D eigenvalue weighted by Crippen LogP contribution is 2.16. The molecule has 0 fully saturated rings. The van der Waals surface area contributed by atoms with E-state index in [-0.39, 0.29) is 12.6 Å². The Balaban J connectivity index is 2.94. The lowest BCUT2D eigenvalue weighted by Crippen LogP contribution is -2.44. The van der Waals surface area contributed by atoms with E-state index in [1.165, 1.54) is 0 Å². The molecule has 0 saturated heterocycles. The molecule has 1 heterocycles. The van der Waals surface area contributed by atoms with Gasteiger partial charge in [-0.1, -0.05) is 0 Å². The van der Waals surface area contributed by atoms with Crippen LogP contribution in [0.25, 0.3) is 0 Å². The van der Waals surface area contributed by atoms with Crippen LogP contribution in [0.4, 0.5) is 10.6 Å². The van der Waals surface area contributed by atoms with Gasteiger partial charge in [0.1, 0.15) is 5.82 Å². The van der Waals surface area contributed by atoms with Crippen molar-refractivity contribution in [1.82, 2.24) is 14.8 Å². The molecule has 0 aliphatic rings. The van der Waals surface area contributed by atoms with E-state index in [4.69, 9.17) is 5.11 Å². The summed E-state index contributed by atoms with van der Waals surface area (Å²) in [6, 6.07) is 3.81. The first-order valence-electron chi connectivity index (χ1n) is 7.08. The Morgan fingerprint density at radius 3 is 2.33 bits per heavy atom. The summed E-state index contributed by atoms with van der Waals surface area (Å²) in [5.74, 6) is 0.670. The molecule has 0 unspecified atom stereocenters. The molecule has 0 aromatic carbocycles. The van der Waals surface area contributed by atoms with E-state index in [0.717, 1.165) is 11.3 Å². The minimum absolute atomic E-state index is 0.0927. The van der Waals surface area contributed by atoms with Crippen LogP contribution in [-0.2, 0) is 0 Å². The molecule has 2 amide bonds. The van der Waals surface area contributed by atoms with Crippen molar-refractivity contribution in [3.63, 3.8) is 0 Å². The van der Waals surface area contributed by atoms with Gasteiger partial charge in [0.2, 0.25) is 0 Å². The lowest BCUT2D eigenvalue weighted by atomic mass is 10.2. The third-order valence-electron chi connectivity index (χ3n) is 3.16. The summed E-state index contributed by atoms with van der Waals surface area (Å²) in [7, 11) is 5.38. The van der Waals surface area contributed by atoms with Crippen molar-refractivity contribution in [2.45, 2.75) is 13.8 Å². The van der Waals surface area contributed by atoms with Gasteiger partial charge < -0.3 is 14.9 Å². The number of aryl methyl sites for hydroxylation is 2. The Labute approximate surface area is 127 Å². The van der Waals surface area contributed by atoms with Gasteiger partial charge in [-0.05, 0) is 38.6 Å². The topological polar surface area (TPSA) is 59.9 Å². The number of carbonyl (C=O) groups excluding carboxylic acids is 1. The van der Waals surface area contributed by atoms with Crippen molar-refractivity contribution in [1.29, 1.82) is 0 Å². The molecule has 0 spiro atoms. The van der Waals surface area contributed by atoms with Crippen LogP contribution < -0.4 is 4.90 Å². The maximum Gasteiger partial charge on any atom is 0.325 e. The molecule has 0 bridgehead atoms. The number of aliphatic hydroxyl groups excluding tert-OH is 1. The van der Waals surface area contributed by atoms with Crippen LogP contribution in [0, 0.1) is 13.8 Å². The van der Waals surface area contributed by atoms with E-state index in [1.54, 1.807) is 23.9 Å². The quantitative estimate of drug-likeness (QED) is 0.854. The zero-order valence-corrected chi connectivity index (χ0v) is 13.6. The predicted molar refractivity (Wildman–Crippen MR) is 84.7 cm³/mol. The number of aromatic nitrogens is 1. The first-order valence-corrected chi connectivity index (χ1v) is 7.08. The largest absolute Gasteiger partial charge is 0.395 e. The van der Waals surface area contributed by atoms with E-state index >= 15 is 0 Å². The molecule has 0 radical (unpaired) electrons. The summed E-state index contributed by atoms with van der Waals surface area (Å²) in [4.78, 5) is 22.1. The molecule has 0 aliphatic carbocycles. The predicted octanol–water partition coefficient (Wildman–Crippen LogP) is 1.11. The van der Waals surface area contributed by atoms with Gasteiger partial charge in [0.15, 0.2) is 0 Å². The fraction of sp³-hybridized carbons (Fsp3) is 0.600. The molecule has 1 aromatic rings. The number of carbonyl (C=O) groups is 1. The SMILES string of the molecule is Cc1cc(C)nc(N(CCN(C)CCO)C(=O)N(C)C)c1. The second-order valence-electron chi connectivity index (χ2n) is 5.50. The fourth-order valence-electron chi connectivity index (χ4n) is 2.06. The molecule has 0 aliphatic heterocycles. The van der Waals surface area contributed by atoms with Crippen molar-refractivity contribution >= 4 is 11.8 Å². The maximum absolute atomic E-state index is 12.4. The highest BCUT2D eigenvalue weighted by molar-refractivity contribution is 5.90. The summed E-state index contributed by atoms with van der Waals surface area (Å²) < 4.78 is 0. The van der Waals surface area contributed by atoms with Gasteiger partial charge in [-0.2, -0.15) is 0 Å². The Bertz CT molecular complexity index is 456. The molecule has 1 aromatic heterocycles. The molecule has 6 nitrogen and oxygen atoms in total. The number of pyridine rings is 1. The molecule has 6 heteroatoms. The minimum Gasteiger partial charge on any atom is -0.395 e. The van der Waals surface area contributed by atoms with Gasteiger partial charge in [-0.15, -0.1) is 0 Å². The molecule has 1 rings (SSSR count). The van der Waals surface area contributed by atoms with Gasteiger partial charge in [-0.25, -0.2) is 9.78 Å². The molecule has 118 valence electrons. The van der Waals surface area contributed by atoms with E-state index in [0.29, 0.717) is 25.5 Å². The number of anilines is 1. The first kappa shape index (κ1) is 17.4. The van der Waals surface area contributed by atoms with Crippen LogP contribution in [0.15, 0.2) is 12.1 Å². The Kier molecular flexibility index (Phi) is 6.58. The average Bonchev–Trinajstić information content (AvgIpc) is 2.37. The third-order valence-corrected chi connectivity index (χ3v) is 3.16. The number of urea groups is 1. The van der Waals surface area contributed by atoms with E-state index < -0.39 is 0 Å². The van der Waals surface area contributed by atoms with Crippen LogP contribution in [0.1, 0.15) is 11.3 Å². The van der Waals surface area contributed by atoms with Crippen molar-refractivity contribution in [2.24, 2.45) is 0 Å². The zero-order valence-electron chi connectivity index (χ0n) is 13.6. The van der Waals surface area contributed by atoms with Gasteiger partial charge in [0.25, 0.3) is 0 Å². The number of aliphatic hydroxyl groups is 1. The van der Waals surface area contributed by atoms with Gasteiger partial charge in [0.05, 0.1) is 6.61 Å². The second kappa shape index (κ2) is 7.95.